The van der Waals surface area contributed by atoms with Gasteiger partial charge in [-0.05, 0) is 42.5 Å². The molecule has 1 heterocycles. The van der Waals surface area contributed by atoms with Gasteiger partial charge in [0.1, 0.15) is 11.5 Å². The van der Waals surface area contributed by atoms with Crippen molar-refractivity contribution in [1.29, 1.82) is 0 Å². The van der Waals surface area contributed by atoms with Crippen LogP contribution in [-0.4, -0.2) is 53.0 Å². The first-order valence-corrected chi connectivity index (χ1v) is 14.2. The summed E-state index contributed by atoms with van der Waals surface area (Å²) in [5, 5.41) is 15.4. The van der Waals surface area contributed by atoms with Crippen LogP contribution in [-0.2, 0) is 35.1 Å². The summed E-state index contributed by atoms with van der Waals surface area (Å²) >= 11 is 6.08. The second-order valence-electron chi connectivity index (χ2n) is 9.57. The van der Waals surface area contributed by atoms with Crippen molar-refractivity contribution in [3.8, 4) is 22.4 Å². The Hall–Kier alpha value is -4.51. The zero-order valence-electron chi connectivity index (χ0n) is 23.9. The lowest BCUT2D eigenvalue weighted by molar-refractivity contribution is -0.137. The van der Waals surface area contributed by atoms with Crippen molar-refractivity contribution in [1.82, 2.24) is 10.5 Å². The van der Waals surface area contributed by atoms with Crippen molar-refractivity contribution in [2.24, 2.45) is 5.73 Å². The fraction of sp³-hybridized carbons (Fsp3) is 0.355. The topological polar surface area (TPSA) is 179 Å². The molecular formula is C31H36ClN3O8. The van der Waals surface area contributed by atoms with Crippen molar-refractivity contribution >= 4 is 41.6 Å². The highest BCUT2D eigenvalue weighted by Gasteiger charge is 2.21. The number of rotatable bonds is 17. The van der Waals surface area contributed by atoms with Gasteiger partial charge in [0.25, 0.3) is 6.47 Å². The number of carboxylic acids is 1. The number of amides is 2. The van der Waals surface area contributed by atoms with Crippen LogP contribution in [0.5, 0.6) is 0 Å². The van der Waals surface area contributed by atoms with Gasteiger partial charge in [-0.2, -0.15) is 0 Å². The molecule has 0 bridgehead atoms. The molecule has 43 heavy (non-hydrogen) atoms. The molecule has 0 saturated carbocycles. The minimum absolute atomic E-state index is 0.0730. The van der Waals surface area contributed by atoms with Gasteiger partial charge in [-0.15, -0.1) is 0 Å². The Labute approximate surface area is 254 Å². The van der Waals surface area contributed by atoms with Crippen LogP contribution in [0, 0.1) is 0 Å². The summed E-state index contributed by atoms with van der Waals surface area (Å²) in [7, 11) is 0. The molecule has 2 amide bonds. The van der Waals surface area contributed by atoms with E-state index in [2.05, 4.69) is 15.2 Å². The maximum Gasteiger partial charge on any atom is 0.303 e. The van der Waals surface area contributed by atoms with E-state index in [9.17, 15) is 24.0 Å². The average Bonchev–Trinajstić information content (AvgIpc) is 3.46. The number of Topliss-reactive ketones (excluding diaryl/α,β-unsaturated/α-hetero) is 1. The number of halogens is 1. The van der Waals surface area contributed by atoms with Gasteiger partial charge in [0, 0.05) is 48.8 Å². The van der Waals surface area contributed by atoms with E-state index >= 15 is 0 Å². The fourth-order valence-corrected chi connectivity index (χ4v) is 4.13. The SMILES string of the molecule is CCCC(=O)O.NC(=O)CCC(=O)[C@H](CCCOC=O)NC(=O)CCc1cc(-c2ccc(-c3cccc(Cl)c3)cc2)no1. The molecule has 0 radical (unpaired) electrons. The Morgan fingerprint density at radius 1 is 1.02 bits per heavy atom. The first-order chi connectivity index (χ1) is 20.6. The van der Waals surface area contributed by atoms with E-state index in [-0.39, 0.29) is 50.4 Å². The molecule has 12 heteroatoms. The fourth-order valence-electron chi connectivity index (χ4n) is 3.94. The van der Waals surface area contributed by atoms with Crippen LogP contribution in [0.15, 0.2) is 59.1 Å². The smallest absolute Gasteiger partial charge is 0.303 e. The van der Waals surface area contributed by atoms with Crippen LogP contribution in [0.25, 0.3) is 22.4 Å². The maximum absolute atomic E-state index is 12.5. The average molecular weight is 614 g/mol. The van der Waals surface area contributed by atoms with Gasteiger partial charge >= 0.3 is 5.97 Å². The zero-order chi connectivity index (χ0) is 31.6. The number of primary amides is 1. The lowest BCUT2D eigenvalue weighted by atomic mass is 10.0. The molecular weight excluding hydrogens is 578 g/mol. The number of ether oxygens (including phenoxy) is 1. The number of hydrogen-bond donors (Lipinski definition) is 3. The lowest BCUT2D eigenvalue weighted by Crippen LogP contribution is -2.41. The van der Waals surface area contributed by atoms with Crippen LogP contribution < -0.4 is 11.1 Å². The highest BCUT2D eigenvalue weighted by atomic mass is 35.5. The molecule has 1 atom stereocenters. The number of aryl methyl sites for hydroxylation is 1. The summed E-state index contributed by atoms with van der Waals surface area (Å²) in [5.74, 6) is -1.43. The number of ketones is 1. The van der Waals surface area contributed by atoms with Crippen molar-refractivity contribution in [2.45, 2.75) is 64.3 Å². The molecule has 2 aromatic carbocycles. The number of aromatic nitrogens is 1. The molecule has 0 aliphatic carbocycles. The van der Waals surface area contributed by atoms with Crippen LogP contribution in [0.3, 0.4) is 0 Å². The van der Waals surface area contributed by atoms with E-state index in [0.29, 0.717) is 35.8 Å². The van der Waals surface area contributed by atoms with Crippen LogP contribution in [0.1, 0.15) is 57.6 Å². The maximum atomic E-state index is 12.5. The molecule has 11 nitrogen and oxygen atoms in total. The van der Waals surface area contributed by atoms with E-state index in [1.165, 1.54) is 0 Å². The van der Waals surface area contributed by atoms with Crippen LogP contribution in [0.4, 0.5) is 0 Å². The summed E-state index contributed by atoms with van der Waals surface area (Å²) in [4.78, 5) is 55.9. The van der Waals surface area contributed by atoms with E-state index in [1.54, 1.807) is 6.07 Å². The molecule has 3 aromatic rings. The number of nitrogens with zero attached hydrogens (tertiary/aromatic N) is 1. The first-order valence-electron chi connectivity index (χ1n) is 13.8. The Balaban J connectivity index is 0.000000973. The van der Waals surface area contributed by atoms with Gasteiger partial charge in [-0.3, -0.25) is 24.0 Å². The van der Waals surface area contributed by atoms with Crippen molar-refractivity contribution in [3.05, 3.63) is 65.4 Å². The molecule has 1 aromatic heterocycles. The van der Waals surface area contributed by atoms with E-state index in [4.69, 9.17) is 27.0 Å². The van der Waals surface area contributed by atoms with E-state index < -0.39 is 17.9 Å². The number of nitrogens with two attached hydrogens (primary N) is 1. The highest BCUT2D eigenvalue weighted by molar-refractivity contribution is 6.30. The molecule has 0 spiro atoms. The zero-order valence-corrected chi connectivity index (χ0v) is 24.7. The number of nitrogens with one attached hydrogen (secondary N) is 1. The molecule has 0 aliphatic rings. The quantitative estimate of drug-likeness (QED) is 0.143. The Bertz CT molecular complexity index is 1360. The van der Waals surface area contributed by atoms with Gasteiger partial charge in [0.2, 0.25) is 11.8 Å². The largest absolute Gasteiger partial charge is 0.481 e. The molecule has 3 rings (SSSR count). The second kappa shape index (κ2) is 18.8. The van der Waals surface area contributed by atoms with Gasteiger partial charge in [-0.1, -0.05) is 60.1 Å². The summed E-state index contributed by atoms with van der Waals surface area (Å²) in [6.07, 6.45) is 1.87. The number of hydrogen-bond acceptors (Lipinski definition) is 8. The van der Waals surface area contributed by atoms with Crippen LogP contribution in [0.2, 0.25) is 5.02 Å². The molecule has 0 fully saturated rings. The molecule has 230 valence electrons. The third kappa shape index (κ3) is 13.3. The first kappa shape index (κ1) is 34.7. The minimum atomic E-state index is -0.801. The number of aliphatic carboxylic acids is 1. The summed E-state index contributed by atoms with van der Waals surface area (Å²) in [6.45, 7) is 2.29. The van der Waals surface area contributed by atoms with Crippen molar-refractivity contribution in [2.75, 3.05) is 6.61 Å². The van der Waals surface area contributed by atoms with Gasteiger partial charge < -0.3 is 25.4 Å². The standard InChI is InChI=1S/C27H28ClN3O6.C4H8O2/c28-21-4-1-3-20(15-21)18-6-8-19(9-7-18)24-16-22(37-31-24)10-13-27(35)30-23(5-2-14-36-17-32)25(33)11-12-26(29)34;1-2-3-4(5)6/h1,3-4,6-9,15-17,23H,2,5,10-14H2,(H2,29,34)(H,30,35);2-3H2,1H3,(H,5,6)/t23-;/m0./s1. The normalized spacial score (nSPS) is 11.0. The minimum Gasteiger partial charge on any atom is -0.481 e. The number of carbonyl (C=O) groups is 5. The third-order valence-electron chi connectivity index (χ3n) is 6.12. The molecule has 0 saturated heterocycles. The third-order valence-corrected chi connectivity index (χ3v) is 6.36. The van der Waals surface area contributed by atoms with Gasteiger partial charge in [-0.25, -0.2) is 0 Å². The van der Waals surface area contributed by atoms with Gasteiger partial charge in [0.15, 0.2) is 5.78 Å². The predicted molar refractivity (Wildman–Crippen MR) is 160 cm³/mol. The summed E-state index contributed by atoms with van der Waals surface area (Å²) in [5.41, 5.74) is 8.65. The molecule has 0 unspecified atom stereocenters. The number of carboxylic acid groups (broad SMARTS) is 1. The Morgan fingerprint density at radius 2 is 1.74 bits per heavy atom. The number of carbonyl (C=O) groups excluding carboxylic acids is 4. The Morgan fingerprint density at radius 3 is 2.35 bits per heavy atom. The number of benzene rings is 2. The van der Waals surface area contributed by atoms with Gasteiger partial charge in [0.05, 0.1) is 12.6 Å². The highest BCUT2D eigenvalue weighted by Crippen LogP contribution is 2.26. The molecule has 0 aliphatic heterocycles. The van der Waals surface area contributed by atoms with E-state index in [0.717, 1.165) is 23.1 Å². The summed E-state index contributed by atoms with van der Waals surface area (Å²) in [6, 6.07) is 16.4. The second-order valence-corrected chi connectivity index (χ2v) is 10.0. The summed E-state index contributed by atoms with van der Waals surface area (Å²) < 4.78 is 10.0. The van der Waals surface area contributed by atoms with Crippen molar-refractivity contribution in [3.63, 3.8) is 0 Å². The van der Waals surface area contributed by atoms with Crippen molar-refractivity contribution < 1.29 is 38.3 Å². The van der Waals surface area contributed by atoms with E-state index in [1.807, 2.05) is 55.5 Å². The monoisotopic (exact) mass is 613 g/mol. The molecule has 4 N–H and O–H groups in total. The lowest BCUT2D eigenvalue weighted by Gasteiger charge is -2.17. The Kier molecular flexibility index (Phi) is 15.2. The van der Waals surface area contributed by atoms with Crippen LogP contribution >= 0.6 is 11.6 Å². The predicted octanol–water partition coefficient (Wildman–Crippen LogP) is 4.74.